The summed E-state index contributed by atoms with van der Waals surface area (Å²) in [5.41, 5.74) is 5.50. The van der Waals surface area contributed by atoms with E-state index in [9.17, 15) is 13.2 Å². The molecule has 1 heterocycles. The monoisotopic (exact) mass is 228 g/mol. The van der Waals surface area contributed by atoms with Crippen LogP contribution in [0.4, 0.5) is 30.4 Å². The van der Waals surface area contributed by atoms with Gasteiger partial charge in [0.15, 0.2) is 17.5 Å². The smallest absolute Gasteiger partial charge is 0.196 e. The lowest BCUT2D eigenvalue weighted by Crippen LogP contribution is -2.00. The highest BCUT2D eigenvalue weighted by molar-refractivity contribution is 5.69. The van der Waals surface area contributed by atoms with E-state index >= 15 is 0 Å². The standard InChI is InChI=1S/C9H7F3N4/c10-4-1-2-5(8(12)7(4)11)15-6-3-14-16-9(6)13/h1-3,15H,(H3,13,14,16). The van der Waals surface area contributed by atoms with Gasteiger partial charge in [-0.2, -0.15) is 5.10 Å². The average molecular weight is 228 g/mol. The summed E-state index contributed by atoms with van der Waals surface area (Å²) in [5.74, 6) is -3.92. The van der Waals surface area contributed by atoms with Gasteiger partial charge in [-0.1, -0.05) is 0 Å². The molecule has 16 heavy (non-hydrogen) atoms. The second-order valence-corrected chi connectivity index (χ2v) is 3.05. The van der Waals surface area contributed by atoms with E-state index in [2.05, 4.69) is 15.5 Å². The number of nitrogens with two attached hydrogens (primary N) is 1. The SMILES string of the molecule is Nc1[nH]ncc1Nc1ccc(F)c(F)c1F. The molecule has 0 saturated heterocycles. The van der Waals surface area contributed by atoms with Crippen molar-refractivity contribution in [1.29, 1.82) is 0 Å². The van der Waals surface area contributed by atoms with Crippen LogP contribution in [-0.2, 0) is 0 Å². The summed E-state index contributed by atoms with van der Waals surface area (Å²) in [4.78, 5) is 0. The van der Waals surface area contributed by atoms with E-state index < -0.39 is 17.5 Å². The van der Waals surface area contributed by atoms with E-state index in [1.165, 1.54) is 6.20 Å². The normalized spacial score (nSPS) is 10.4. The zero-order valence-corrected chi connectivity index (χ0v) is 7.89. The van der Waals surface area contributed by atoms with E-state index in [1.807, 2.05) is 0 Å². The Morgan fingerprint density at radius 1 is 1.12 bits per heavy atom. The van der Waals surface area contributed by atoms with Crippen LogP contribution < -0.4 is 11.1 Å². The van der Waals surface area contributed by atoms with Crippen molar-refractivity contribution in [3.05, 3.63) is 35.8 Å². The van der Waals surface area contributed by atoms with Crippen molar-refractivity contribution in [3.8, 4) is 0 Å². The highest BCUT2D eigenvalue weighted by Gasteiger charge is 2.14. The van der Waals surface area contributed by atoms with Crippen molar-refractivity contribution in [2.75, 3.05) is 11.1 Å². The maximum atomic E-state index is 13.2. The van der Waals surface area contributed by atoms with Gasteiger partial charge < -0.3 is 11.1 Å². The van der Waals surface area contributed by atoms with E-state index in [0.29, 0.717) is 0 Å². The fraction of sp³-hybridized carbons (Fsp3) is 0. The lowest BCUT2D eigenvalue weighted by molar-refractivity contribution is 0.449. The first-order valence-electron chi connectivity index (χ1n) is 4.29. The van der Waals surface area contributed by atoms with Crippen LogP contribution in [0.1, 0.15) is 0 Å². The molecule has 0 radical (unpaired) electrons. The van der Waals surface area contributed by atoms with Gasteiger partial charge in [-0.3, -0.25) is 5.10 Å². The predicted octanol–water partition coefficient (Wildman–Crippen LogP) is 2.15. The summed E-state index contributed by atoms with van der Waals surface area (Å²) in [6, 6.07) is 1.89. The van der Waals surface area contributed by atoms with Crippen LogP contribution in [0.3, 0.4) is 0 Å². The molecule has 0 spiro atoms. The predicted molar refractivity (Wildman–Crippen MR) is 52.6 cm³/mol. The average Bonchev–Trinajstić information content (AvgIpc) is 2.65. The van der Waals surface area contributed by atoms with Crippen LogP contribution >= 0.6 is 0 Å². The molecule has 4 nitrogen and oxygen atoms in total. The molecule has 0 fully saturated rings. The Hall–Kier alpha value is -2.18. The Labute approximate surface area is 88.3 Å². The first-order valence-corrected chi connectivity index (χ1v) is 4.29. The number of hydrogen-bond donors (Lipinski definition) is 3. The molecule has 84 valence electrons. The Kier molecular flexibility index (Phi) is 2.43. The minimum Gasteiger partial charge on any atom is -0.382 e. The van der Waals surface area contributed by atoms with Gasteiger partial charge in [-0.25, -0.2) is 13.2 Å². The molecular formula is C9H7F3N4. The highest BCUT2D eigenvalue weighted by Crippen LogP contribution is 2.25. The van der Waals surface area contributed by atoms with Gasteiger partial charge >= 0.3 is 0 Å². The van der Waals surface area contributed by atoms with Crippen molar-refractivity contribution < 1.29 is 13.2 Å². The van der Waals surface area contributed by atoms with E-state index in [-0.39, 0.29) is 17.2 Å². The van der Waals surface area contributed by atoms with Crippen LogP contribution in [0.2, 0.25) is 0 Å². The van der Waals surface area contributed by atoms with Crippen molar-refractivity contribution >= 4 is 17.2 Å². The van der Waals surface area contributed by atoms with E-state index in [0.717, 1.165) is 12.1 Å². The molecule has 2 aromatic rings. The number of aromatic amines is 1. The number of nitrogens with one attached hydrogen (secondary N) is 2. The molecule has 0 aliphatic heterocycles. The van der Waals surface area contributed by atoms with Gasteiger partial charge in [0.25, 0.3) is 0 Å². The van der Waals surface area contributed by atoms with Crippen molar-refractivity contribution in [1.82, 2.24) is 10.2 Å². The second-order valence-electron chi connectivity index (χ2n) is 3.05. The largest absolute Gasteiger partial charge is 0.382 e. The summed E-state index contributed by atoms with van der Waals surface area (Å²) < 4.78 is 38.7. The minimum absolute atomic E-state index is 0.170. The zero-order chi connectivity index (χ0) is 11.7. The molecule has 0 amide bonds. The van der Waals surface area contributed by atoms with Gasteiger partial charge in [-0.05, 0) is 12.1 Å². The molecule has 0 unspecified atom stereocenters. The Balaban J connectivity index is 2.36. The summed E-state index contributed by atoms with van der Waals surface area (Å²) in [6.07, 6.45) is 1.30. The summed E-state index contributed by atoms with van der Waals surface area (Å²) >= 11 is 0. The van der Waals surface area contributed by atoms with Crippen molar-refractivity contribution in [3.63, 3.8) is 0 Å². The molecule has 2 rings (SSSR count). The first-order chi connectivity index (χ1) is 7.59. The Morgan fingerprint density at radius 2 is 1.88 bits per heavy atom. The molecule has 0 saturated carbocycles. The van der Waals surface area contributed by atoms with Crippen LogP contribution in [0.15, 0.2) is 18.3 Å². The number of H-pyrrole nitrogens is 1. The Bertz CT molecular complexity index is 523. The maximum absolute atomic E-state index is 13.2. The molecule has 0 aliphatic rings. The van der Waals surface area contributed by atoms with Gasteiger partial charge in [0.2, 0.25) is 0 Å². The van der Waals surface area contributed by atoms with Crippen LogP contribution in [0.25, 0.3) is 0 Å². The first kappa shape index (κ1) is 10.3. The topological polar surface area (TPSA) is 66.7 Å². The molecule has 1 aromatic heterocycles. The number of benzene rings is 1. The number of halogens is 3. The molecule has 7 heteroatoms. The van der Waals surface area contributed by atoms with Crippen LogP contribution in [0.5, 0.6) is 0 Å². The molecular weight excluding hydrogens is 221 g/mol. The lowest BCUT2D eigenvalue weighted by Gasteiger charge is -2.06. The van der Waals surface area contributed by atoms with E-state index in [4.69, 9.17) is 5.73 Å². The molecule has 0 bridgehead atoms. The quantitative estimate of drug-likeness (QED) is 0.690. The second kappa shape index (κ2) is 3.76. The van der Waals surface area contributed by atoms with Crippen LogP contribution in [-0.4, -0.2) is 10.2 Å². The maximum Gasteiger partial charge on any atom is 0.196 e. The van der Waals surface area contributed by atoms with Gasteiger partial charge in [-0.15, -0.1) is 0 Å². The number of hydrogen-bond acceptors (Lipinski definition) is 3. The molecule has 0 aliphatic carbocycles. The van der Waals surface area contributed by atoms with Crippen LogP contribution in [0, 0.1) is 17.5 Å². The number of aromatic nitrogens is 2. The minimum atomic E-state index is -1.54. The van der Waals surface area contributed by atoms with Gasteiger partial charge in [0.05, 0.1) is 11.9 Å². The fourth-order valence-electron chi connectivity index (χ4n) is 1.16. The lowest BCUT2D eigenvalue weighted by atomic mass is 10.2. The zero-order valence-electron chi connectivity index (χ0n) is 7.89. The van der Waals surface area contributed by atoms with E-state index in [1.54, 1.807) is 0 Å². The summed E-state index contributed by atoms with van der Waals surface area (Å²) in [5, 5.41) is 8.48. The number of anilines is 3. The van der Waals surface area contributed by atoms with Gasteiger partial charge in [0, 0.05) is 0 Å². The number of nitrogen functional groups attached to an aromatic ring is 1. The third kappa shape index (κ3) is 1.67. The highest BCUT2D eigenvalue weighted by atomic mass is 19.2. The Morgan fingerprint density at radius 3 is 2.50 bits per heavy atom. The molecule has 1 aromatic carbocycles. The fourth-order valence-corrected chi connectivity index (χ4v) is 1.16. The third-order valence-electron chi connectivity index (χ3n) is 1.97. The van der Waals surface area contributed by atoms with Gasteiger partial charge in [0.1, 0.15) is 11.5 Å². The molecule has 4 N–H and O–H groups in total. The third-order valence-corrected chi connectivity index (χ3v) is 1.97. The summed E-state index contributed by atoms with van der Waals surface area (Å²) in [6.45, 7) is 0. The van der Waals surface area contributed by atoms with Crippen molar-refractivity contribution in [2.24, 2.45) is 0 Å². The summed E-state index contributed by atoms with van der Waals surface area (Å²) in [7, 11) is 0. The molecule has 0 atom stereocenters. The number of rotatable bonds is 2. The number of nitrogens with zero attached hydrogens (tertiary/aromatic N) is 1. The van der Waals surface area contributed by atoms with Crippen molar-refractivity contribution in [2.45, 2.75) is 0 Å².